The first-order valence-corrected chi connectivity index (χ1v) is 14.4. The van der Waals surface area contributed by atoms with Gasteiger partial charge in [0.25, 0.3) is 8.32 Å². The first-order chi connectivity index (χ1) is 15.1. The molecule has 0 aromatic heterocycles. The Labute approximate surface area is 198 Å². The van der Waals surface area contributed by atoms with Crippen LogP contribution in [-0.4, -0.2) is 26.6 Å². The van der Waals surface area contributed by atoms with Crippen LogP contribution in [-0.2, 0) is 4.43 Å². The summed E-state index contributed by atoms with van der Waals surface area (Å²) in [5.74, 6) is 2.22. The molecule has 1 N–H and O–H groups in total. The molecule has 0 radical (unpaired) electrons. The highest BCUT2D eigenvalue weighted by Crippen LogP contribution is 2.37. The van der Waals surface area contributed by atoms with Gasteiger partial charge in [0, 0.05) is 13.2 Å². The molecule has 0 saturated carbocycles. The Hall–Kier alpha value is -1.42. The van der Waals surface area contributed by atoms with Crippen molar-refractivity contribution in [3.63, 3.8) is 0 Å². The molecule has 4 atom stereocenters. The van der Waals surface area contributed by atoms with E-state index in [1.165, 1.54) is 23.2 Å². The second-order valence-corrected chi connectivity index (χ2v) is 15.6. The van der Waals surface area contributed by atoms with Crippen molar-refractivity contribution in [1.29, 1.82) is 0 Å². The van der Waals surface area contributed by atoms with Gasteiger partial charge >= 0.3 is 0 Å². The summed E-state index contributed by atoms with van der Waals surface area (Å²) >= 11 is 0. The zero-order valence-electron chi connectivity index (χ0n) is 21.5. The van der Waals surface area contributed by atoms with Gasteiger partial charge in [-0.25, -0.2) is 0 Å². The average Bonchev–Trinajstić information content (AvgIpc) is 2.74. The molecule has 0 aliphatic rings. The van der Waals surface area contributed by atoms with Crippen molar-refractivity contribution in [3.05, 3.63) is 60.7 Å². The SMILES string of the molecule is C[C@@H](C[C@H](C)C[C@@H](C)CO[Si](c1ccccc1)(c1ccccc1)C(C)(C)C)C[C@@H](C)CO. The Morgan fingerprint density at radius 3 is 1.50 bits per heavy atom. The Balaban J connectivity index is 2.17. The van der Waals surface area contributed by atoms with Crippen LogP contribution in [0.4, 0.5) is 0 Å². The molecule has 0 spiro atoms. The van der Waals surface area contributed by atoms with Gasteiger partial charge < -0.3 is 9.53 Å². The molecule has 0 bridgehead atoms. The van der Waals surface area contributed by atoms with Crippen LogP contribution in [0.3, 0.4) is 0 Å². The van der Waals surface area contributed by atoms with Crippen LogP contribution < -0.4 is 10.4 Å². The molecule has 2 rings (SSSR count). The van der Waals surface area contributed by atoms with E-state index in [9.17, 15) is 5.11 Å². The van der Waals surface area contributed by atoms with Gasteiger partial charge in [0.2, 0.25) is 0 Å². The largest absolute Gasteiger partial charge is 0.407 e. The van der Waals surface area contributed by atoms with E-state index in [1.807, 2.05) is 0 Å². The van der Waals surface area contributed by atoms with Crippen LogP contribution in [0.15, 0.2) is 60.7 Å². The van der Waals surface area contributed by atoms with Crippen LogP contribution in [0.1, 0.15) is 67.7 Å². The molecule has 32 heavy (non-hydrogen) atoms. The summed E-state index contributed by atoms with van der Waals surface area (Å²) in [6.07, 6.45) is 3.50. The van der Waals surface area contributed by atoms with Crippen LogP contribution in [0, 0.1) is 23.7 Å². The number of hydrogen-bond acceptors (Lipinski definition) is 2. The van der Waals surface area contributed by atoms with Crippen LogP contribution in [0.5, 0.6) is 0 Å². The van der Waals surface area contributed by atoms with Gasteiger partial charge in [-0.15, -0.1) is 0 Å². The molecule has 0 unspecified atom stereocenters. The van der Waals surface area contributed by atoms with E-state index in [0.29, 0.717) is 30.3 Å². The van der Waals surface area contributed by atoms with E-state index in [1.54, 1.807) is 0 Å². The summed E-state index contributed by atoms with van der Waals surface area (Å²) in [5.41, 5.74) is 0. The zero-order valence-corrected chi connectivity index (χ0v) is 22.5. The summed E-state index contributed by atoms with van der Waals surface area (Å²) < 4.78 is 7.12. The molecule has 0 aliphatic carbocycles. The fourth-order valence-electron chi connectivity index (χ4n) is 5.42. The molecule has 0 fully saturated rings. The van der Waals surface area contributed by atoms with Gasteiger partial charge in [0.05, 0.1) is 0 Å². The second-order valence-electron chi connectivity index (χ2n) is 11.3. The number of hydrogen-bond donors (Lipinski definition) is 1. The van der Waals surface area contributed by atoms with Crippen LogP contribution in [0.2, 0.25) is 5.04 Å². The van der Waals surface area contributed by atoms with Crippen molar-refractivity contribution in [1.82, 2.24) is 0 Å². The topological polar surface area (TPSA) is 29.5 Å². The lowest BCUT2D eigenvalue weighted by Gasteiger charge is -2.43. The maximum absolute atomic E-state index is 9.35. The maximum atomic E-state index is 9.35. The smallest absolute Gasteiger partial charge is 0.261 e. The molecule has 3 heteroatoms. The van der Waals surface area contributed by atoms with Crippen LogP contribution >= 0.6 is 0 Å². The molecule has 2 nitrogen and oxygen atoms in total. The molecule has 0 saturated heterocycles. The van der Waals surface area contributed by atoms with Gasteiger partial charge in [-0.05, 0) is 58.3 Å². The molecule has 2 aromatic carbocycles. The molecule has 2 aromatic rings. The average molecular weight is 455 g/mol. The Bertz CT molecular complexity index is 729. The van der Waals surface area contributed by atoms with E-state index in [4.69, 9.17) is 4.43 Å². The monoisotopic (exact) mass is 454 g/mol. The van der Waals surface area contributed by atoms with Crippen molar-refractivity contribution in [3.8, 4) is 0 Å². The van der Waals surface area contributed by atoms with Crippen molar-refractivity contribution >= 4 is 18.7 Å². The minimum absolute atomic E-state index is 0.0238. The number of aliphatic hydroxyl groups excluding tert-OH is 1. The van der Waals surface area contributed by atoms with E-state index < -0.39 is 8.32 Å². The lowest BCUT2D eigenvalue weighted by Crippen LogP contribution is -2.66. The van der Waals surface area contributed by atoms with Crippen LogP contribution in [0.25, 0.3) is 0 Å². The van der Waals surface area contributed by atoms with E-state index in [0.717, 1.165) is 13.0 Å². The van der Waals surface area contributed by atoms with Gasteiger partial charge in [0.15, 0.2) is 0 Å². The molecule has 178 valence electrons. The summed E-state index contributed by atoms with van der Waals surface area (Å²) in [7, 11) is -2.45. The summed E-state index contributed by atoms with van der Waals surface area (Å²) in [6.45, 7) is 17.3. The lowest BCUT2D eigenvalue weighted by molar-refractivity contribution is 0.194. The van der Waals surface area contributed by atoms with E-state index in [2.05, 4.69) is 109 Å². The number of benzene rings is 2. The third kappa shape index (κ3) is 7.04. The minimum Gasteiger partial charge on any atom is -0.407 e. The fraction of sp³-hybridized carbons (Fsp3) is 0.586. The first kappa shape index (κ1) is 26.8. The predicted molar refractivity (Wildman–Crippen MR) is 141 cm³/mol. The van der Waals surface area contributed by atoms with Gasteiger partial charge in [-0.3, -0.25) is 0 Å². The zero-order chi connectivity index (χ0) is 23.8. The van der Waals surface area contributed by atoms with Crippen molar-refractivity contribution in [2.75, 3.05) is 13.2 Å². The predicted octanol–water partition coefficient (Wildman–Crippen LogP) is 6.27. The van der Waals surface area contributed by atoms with E-state index >= 15 is 0 Å². The Morgan fingerprint density at radius 1 is 0.688 bits per heavy atom. The van der Waals surface area contributed by atoms with Crippen molar-refractivity contribution in [2.24, 2.45) is 23.7 Å². The van der Waals surface area contributed by atoms with Gasteiger partial charge in [0.1, 0.15) is 0 Å². The standard InChI is InChI=1S/C29H46O2Si/c1-23(19-25(3)21-30)18-24(2)20-26(4)22-31-32(29(5,6)7,27-14-10-8-11-15-27)28-16-12-9-13-17-28/h8-17,23-26,30H,18-22H2,1-7H3/t23-,24-,25+,26+/m0/s1. The molecule has 0 amide bonds. The molecule has 0 aliphatic heterocycles. The normalized spacial score (nSPS) is 16.4. The van der Waals surface area contributed by atoms with Crippen molar-refractivity contribution in [2.45, 2.75) is 72.8 Å². The second kappa shape index (κ2) is 12.2. The number of aliphatic hydroxyl groups is 1. The highest BCUT2D eigenvalue weighted by atomic mass is 28.4. The Kier molecular flexibility index (Phi) is 10.2. The third-order valence-corrected chi connectivity index (χ3v) is 11.7. The summed E-state index contributed by atoms with van der Waals surface area (Å²) in [4.78, 5) is 0. The maximum Gasteiger partial charge on any atom is 0.261 e. The highest BCUT2D eigenvalue weighted by Gasteiger charge is 2.50. The minimum atomic E-state index is -2.45. The van der Waals surface area contributed by atoms with Gasteiger partial charge in [-0.2, -0.15) is 0 Å². The number of rotatable bonds is 12. The van der Waals surface area contributed by atoms with Gasteiger partial charge in [-0.1, -0.05) is 109 Å². The third-order valence-electron chi connectivity index (χ3n) is 6.73. The summed E-state index contributed by atoms with van der Waals surface area (Å²) in [5, 5.41) is 12.1. The lowest BCUT2D eigenvalue weighted by atomic mass is 9.86. The molecular formula is C29H46O2Si. The summed E-state index contributed by atoms with van der Waals surface area (Å²) in [6, 6.07) is 21.8. The molecular weight excluding hydrogens is 408 g/mol. The quantitative estimate of drug-likeness (QED) is 0.383. The van der Waals surface area contributed by atoms with E-state index in [-0.39, 0.29) is 5.04 Å². The Morgan fingerprint density at radius 2 is 1.09 bits per heavy atom. The fourth-order valence-corrected chi connectivity index (χ4v) is 10.1. The molecule has 0 heterocycles. The first-order valence-electron chi connectivity index (χ1n) is 12.5. The van der Waals surface area contributed by atoms with Crippen molar-refractivity contribution < 1.29 is 9.53 Å². The highest BCUT2D eigenvalue weighted by molar-refractivity contribution is 6.99.